The predicted octanol–water partition coefficient (Wildman–Crippen LogP) is 2.47. The third kappa shape index (κ3) is 3.40. The van der Waals surface area contributed by atoms with Gasteiger partial charge in [0.2, 0.25) is 5.95 Å². The Morgan fingerprint density at radius 2 is 2.06 bits per heavy atom. The van der Waals surface area contributed by atoms with Gasteiger partial charge in [0.25, 0.3) is 11.5 Å². The van der Waals surface area contributed by atoms with Crippen molar-refractivity contribution in [2.45, 2.75) is 46.6 Å². The third-order valence-electron chi connectivity index (χ3n) is 6.52. The summed E-state index contributed by atoms with van der Waals surface area (Å²) in [5.74, 6) is 1.17. The number of carbonyl (C=O) groups is 1. The molecule has 0 aromatic carbocycles. The van der Waals surface area contributed by atoms with Crippen molar-refractivity contribution in [3.63, 3.8) is 0 Å². The van der Waals surface area contributed by atoms with Crippen LogP contribution in [0.1, 0.15) is 52.8 Å². The molecule has 0 saturated carbocycles. The van der Waals surface area contributed by atoms with Crippen molar-refractivity contribution in [1.29, 1.82) is 0 Å². The second kappa shape index (κ2) is 7.51. The number of aromatic amines is 1. The zero-order valence-corrected chi connectivity index (χ0v) is 18.3. The van der Waals surface area contributed by atoms with Gasteiger partial charge in [0.15, 0.2) is 0 Å². The van der Waals surface area contributed by atoms with Gasteiger partial charge < -0.3 is 9.80 Å². The van der Waals surface area contributed by atoms with E-state index in [0.29, 0.717) is 41.8 Å². The van der Waals surface area contributed by atoms with E-state index >= 15 is 0 Å². The highest BCUT2D eigenvalue weighted by Crippen LogP contribution is 2.23. The Bertz CT molecular complexity index is 1230. The van der Waals surface area contributed by atoms with Crippen LogP contribution < -0.4 is 10.5 Å². The Labute approximate surface area is 180 Å². The highest BCUT2D eigenvalue weighted by Gasteiger charge is 2.29. The van der Waals surface area contributed by atoms with Crippen LogP contribution in [0.2, 0.25) is 0 Å². The average Bonchev–Trinajstić information content (AvgIpc) is 3.10. The Kier molecular flexibility index (Phi) is 4.79. The van der Waals surface area contributed by atoms with Crippen molar-refractivity contribution < 1.29 is 4.79 Å². The van der Waals surface area contributed by atoms with Crippen LogP contribution in [-0.2, 0) is 13.0 Å². The largest absolute Gasteiger partial charge is 0.342 e. The third-order valence-corrected chi connectivity index (χ3v) is 6.52. The van der Waals surface area contributed by atoms with E-state index in [-0.39, 0.29) is 18.0 Å². The van der Waals surface area contributed by atoms with Crippen LogP contribution in [-0.4, -0.2) is 49.8 Å². The molecule has 8 nitrogen and oxygen atoms in total. The number of imidazole rings is 1. The maximum Gasteiger partial charge on any atom is 0.273 e. The number of pyridine rings is 1. The summed E-state index contributed by atoms with van der Waals surface area (Å²) < 4.78 is 1.85. The van der Waals surface area contributed by atoms with Gasteiger partial charge in [-0.3, -0.25) is 19.0 Å². The first kappa shape index (κ1) is 19.8. The smallest absolute Gasteiger partial charge is 0.273 e. The molecule has 3 aromatic rings. The van der Waals surface area contributed by atoms with Gasteiger partial charge in [-0.2, -0.15) is 0 Å². The lowest BCUT2D eigenvalue weighted by Gasteiger charge is -2.33. The fourth-order valence-electron chi connectivity index (χ4n) is 4.84. The first-order chi connectivity index (χ1) is 14.9. The second-order valence-corrected chi connectivity index (χ2v) is 8.92. The Hall–Kier alpha value is -3.16. The number of aryl methyl sites for hydroxylation is 2. The lowest BCUT2D eigenvalue weighted by molar-refractivity contribution is 0.0724. The molecule has 31 heavy (non-hydrogen) atoms. The number of H-pyrrole nitrogens is 1. The minimum atomic E-state index is -0.138. The first-order valence-corrected chi connectivity index (χ1v) is 11.0. The van der Waals surface area contributed by atoms with Crippen LogP contribution in [0.15, 0.2) is 23.1 Å². The van der Waals surface area contributed by atoms with Crippen LogP contribution in [0.25, 0.3) is 5.65 Å². The molecule has 1 N–H and O–H groups in total. The molecule has 2 aliphatic heterocycles. The lowest BCUT2D eigenvalue weighted by Crippen LogP contribution is -2.42. The van der Waals surface area contributed by atoms with E-state index in [0.717, 1.165) is 36.4 Å². The van der Waals surface area contributed by atoms with E-state index in [9.17, 15) is 9.59 Å². The van der Waals surface area contributed by atoms with Gasteiger partial charge in [-0.25, -0.2) is 9.97 Å². The molecule has 0 radical (unpaired) electrons. The molecule has 0 spiro atoms. The zero-order valence-electron chi connectivity index (χ0n) is 18.3. The molecule has 0 bridgehead atoms. The molecule has 1 fully saturated rings. The summed E-state index contributed by atoms with van der Waals surface area (Å²) >= 11 is 0. The van der Waals surface area contributed by atoms with Gasteiger partial charge in [-0.1, -0.05) is 13.0 Å². The Morgan fingerprint density at radius 1 is 1.23 bits per heavy atom. The molecule has 1 atom stereocenters. The molecular formula is C23H28N6O2. The quantitative estimate of drug-likeness (QED) is 0.688. The normalized spacial score (nSPS) is 19.0. The highest BCUT2D eigenvalue weighted by molar-refractivity contribution is 5.95. The summed E-state index contributed by atoms with van der Waals surface area (Å²) in [6, 6.07) is 3.91. The number of piperidine rings is 1. The number of aromatic nitrogens is 4. The minimum absolute atomic E-state index is 0.102. The zero-order chi connectivity index (χ0) is 21.7. The second-order valence-electron chi connectivity index (χ2n) is 8.92. The van der Waals surface area contributed by atoms with Crippen molar-refractivity contribution >= 4 is 17.5 Å². The minimum Gasteiger partial charge on any atom is -0.342 e. The van der Waals surface area contributed by atoms with E-state index in [4.69, 9.17) is 4.98 Å². The number of fused-ring (bicyclic) bond motifs is 2. The molecule has 8 heteroatoms. The van der Waals surface area contributed by atoms with Gasteiger partial charge in [0, 0.05) is 32.3 Å². The van der Waals surface area contributed by atoms with Crippen LogP contribution >= 0.6 is 0 Å². The Balaban J connectivity index is 1.44. The van der Waals surface area contributed by atoms with Gasteiger partial charge in [-0.05, 0) is 44.2 Å². The summed E-state index contributed by atoms with van der Waals surface area (Å²) in [5.41, 5.74) is 4.34. The summed E-state index contributed by atoms with van der Waals surface area (Å²) in [4.78, 5) is 42.6. The number of hydrogen-bond donors (Lipinski definition) is 1. The van der Waals surface area contributed by atoms with Crippen LogP contribution in [0.3, 0.4) is 0 Å². The molecular weight excluding hydrogens is 392 g/mol. The molecule has 162 valence electrons. The lowest BCUT2D eigenvalue weighted by atomic mass is 10.0. The maximum atomic E-state index is 13.4. The number of nitrogens with one attached hydrogen (secondary N) is 1. The predicted molar refractivity (Wildman–Crippen MR) is 119 cm³/mol. The maximum absolute atomic E-state index is 13.4. The van der Waals surface area contributed by atoms with Crippen LogP contribution in [0.4, 0.5) is 5.95 Å². The summed E-state index contributed by atoms with van der Waals surface area (Å²) in [6.07, 6.45) is 4.78. The summed E-state index contributed by atoms with van der Waals surface area (Å²) in [6.45, 7) is 8.72. The average molecular weight is 421 g/mol. The summed E-state index contributed by atoms with van der Waals surface area (Å²) in [7, 11) is 0. The van der Waals surface area contributed by atoms with Gasteiger partial charge >= 0.3 is 0 Å². The number of rotatable bonds is 2. The first-order valence-electron chi connectivity index (χ1n) is 11.0. The molecule has 1 amide bonds. The monoisotopic (exact) mass is 420 g/mol. The molecule has 1 saturated heterocycles. The number of hydrogen-bond acceptors (Lipinski definition) is 5. The van der Waals surface area contributed by atoms with Crippen molar-refractivity contribution in [3.05, 3.63) is 56.9 Å². The number of amides is 1. The fraction of sp³-hybridized carbons (Fsp3) is 0.478. The van der Waals surface area contributed by atoms with Crippen molar-refractivity contribution in [3.8, 4) is 0 Å². The van der Waals surface area contributed by atoms with Crippen molar-refractivity contribution in [2.75, 3.05) is 24.5 Å². The van der Waals surface area contributed by atoms with E-state index in [1.54, 1.807) is 4.90 Å². The van der Waals surface area contributed by atoms with Gasteiger partial charge in [-0.15, -0.1) is 0 Å². The standard InChI is InChI=1S/C23H28N6O2/c1-14-6-4-9-28(12-14)23-25-18-8-11-27(13-17(18)21(30)26-23)22(31)19-16(3)24-20-15(2)7-5-10-29(19)20/h5,7,10,14H,4,6,8-9,11-13H2,1-3H3,(H,25,26,30)/t14-/m1/s1. The van der Waals surface area contributed by atoms with Gasteiger partial charge in [0.05, 0.1) is 23.5 Å². The molecule has 5 heterocycles. The number of anilines is 1. The van der Waals surface area contributed by atoms with Crippen LogP contribution in [0, 0.1) is 19.8 Å². The summed E-state index contributed by atoms with van der Waals surface area (Å²) in [5, 5.41) is 0. The Morgan fingerprint density at radius 3 is 2.87 bits per heavy atom. The number of carbonyl (C=O) groups excluding carboxylic acids is 1. The van der Waals surface area contributed by atoms with Crippen molar-refractivity contribution in [1.82, 2.24) is 24.3 Å². The number of nitrogens with zero attached hydrogens (tertiary/aromatic N) is 5. The molecule has 3 aromatic heterocycles. The SMILES string of the molecule is Cc1nc2c(C)cccn2c1C(=O)N1CCc2nc(N3CCC[C@@H](C)C3)[nH]c(=O)c2C1. The van der Waals surface area contributed by atoms with Gasteiger partial charge in [0.1, 0.15) is 11.3 Å². The topological polar surface area (TPSA) is 86.6 Å². The molecule has 5 rings (SSSR count). The van der Waals surface area contributed by atoms with E-state index in [2.05, 4.69) is 21.8 Å². The van der Waals surface area contributed by atoms with Crippen molar-refractivity contribution in [2.24, 2.45) is 5.92 Å². The molecule has 0 unspecified atom stereocenters. The molecule has 2 aliphatic rings. The van der Waals surface area contributed by atoms with E-state index in [1.165, 1.54) is 6.42 Å². The highest BCUT2D eigenvalue weighted by atomic mass is 16.2. The van der Waals surface area contributed by atoms with E-state index < -0.39 is 0 Å². The van der Waals surface area contributed by atoms with Crippen LogP contribution in [0.5, 0.6) is 0 Å². The molecule has 0 aliphatic carbocycles. The fourth-order valence-corrected chi connectivity index (χ4v) is 4.84. The van der Waals surface area contributed by atoms with E-state index in [1.807, 2.05) is 36.6 Å².